The topological polar surface area (TPSA) is 94.2 Å². The number of carbonyl (C=O) groups is 1. The Labute approximate surface area is 177 Å². The van der Waals surface area contributed by atoms with Crippen molar-refractivity contribution in [3.05, 3.63) is 48.5 Å². The average molecular weight is 437 g/mol. The molecule has 30 heavy (non-hydrogen) atoms. The number of sulfonamides is 1. The summed E-state index contributed by atoms with van der Waals surface area (Å²) in [6.45, 7) is 0.798. The van der Waals surface area contributed by atoms with E-state index >= 15 is 0 Å². The van der Waals surface area contributed by atoms with E-state index < -0.39 is 10.0 Å². The van der Waals surface area contributed by atoms with Crippen LogP contribution in [0.1, 0.15) is 12.8 Å². The second-order valence-electron chi connectivity index (χ2n) is 6.46. The number of hydrogen-bond acceptors (Lipinski definition) is 6. The summed E-state index contributed by atoms with van der Waals surface area (Å²) in [6.07, 6.45) is 1.69. The molecule has 0 aromatic heterocycles. The van der Waals surface area contributed by atoms with E-state index in [1.165, 1.54) is 11.4 Å². The van der Waals surface area contributed by atoms with Gasteiger partial charge in [0.1, 0.15) is 12.4 Å². The van der Waals surface area contributed by atoms with Crippen molar-refractivity contribution in [3.8, 4) is 17.2 Å². The van der Waals surface area contributed by atoms with Crippen LogP contribution in [0, 0.1) is 0 Å². The van der Waals surface area contributed by atoms with Crippen LogP contribution in [-0.4, -0.2) is 54.5 Å². The molecule has 0 heterocycles. The van der Waals surface area contributed by atoms with Gasteiger partial charge in [0.05, 0.1) is 32.7 Å². The molecule has 0 aliphatic heterocycles. The molecule has 2 aromatic rings. The lowest BCUT2D eigenvalue weighted by Crippen LogP contribution is -2.33. The van der Waals surface area contributed by atoms with Gasteiger partial charge in [0.25, 0.3) is 0 Å². The molecule has 1 N–H and O–H groups in total. The molecule has 164 valence electrons. The Morgan fingerprint density at radius 1 is 0.967 bits per heavy atom. The Balaban J connectivity index is 1.80. The maximum Gasteiger partial charge on any atom is 0.232 e. The Bertz CT molecular complexity index is 933. The second kappa shape index (κ2) is 11.3. The number of nitrogens with one attached hydrogen (secondary N) is 1. The van der Waals surface area contributed by atoms with Crippen molar-refractivity contribution in [1.82, 2.24) is 5.32 Å². The van der Waals surface area contributed by atoms with Gasteiger partial charge in [-0.25, -0.2) is 8.42 Å². The summed E-state index contributed by atoms with van der Waals surface area (Å²) in [7, 11) is -0.467. The Morgan fingerprint density at radius 2 is 1.57 bits per heavy atom. The van der Waals surface area contributed by atoms with Gasteiger partial charge < -0.3 is 19.5 Å². The van der Waals surface area contributed by atoms with Crippen molar-refractivity contribution in [3.63, 3.8) is 0 Å². The first kappa shape index (κ1) is 23.3. The molecule has 0 fully saturated rings. The molecule has 0 aliphatic carbocycles. The molecule has 0 saturated heterocycles. The minimum absolute atomic E-state index is 0.171. The van der Waals surface area contributed by atoms with Gasteiger partial charge in [-0.2, -0.15) is 0 Å². The minimum atomic E-state index is -3.52. The monoisotopic (exact) mass is 436 g/mol. The van der Waals surface area contributed by atoms with Gasteiger partial charge in [0, 0.05) is 13.0 Å². The van der Waals surface area contributed by atoms with Crippen molar-refractivity contribution in [2.45, 2.75) is 12.8 Å². The zero-order chi connectivity index (χ0) is 22.0. The van der Waals surface area contributed by atoms with Crippen LogP contribution >= 0.6 is 0 Å². The maximum atomic E-state index is 12.2. The minimum Gasteiger partial charge on any atom is -0.495 e. The highest BCUT2D eigenvalue weighted by molar-refractivity contribution is 7.92. The van der Waals surface area contributed by atoms with Crippen molar-refractivity contribution >= 4 is 21.6 Å². The number of amides is 1. The molecule has 0 spiro atoms. The van der Waals surface area contributed by atoms with Crippen LogP contribution in [-0.2, 0) is 14.8 Å². The first-order chi connectivity index (χ1) is 14.4. The fourth-order valence-electron chi connectivity index (χ4n) is 2.86. The van der Waals surface area contributed by atoms with E-state index in [1.54, 1.807) is 43.5 Å². The van der Waals surface area contributed by atoms with Crippen LogP contribution in [0.2, 0.25) is 0 Å². The fraction of sp³-hybridized carbons (Fsp3) is 0.381. The van der Waals surface area contributed by atoms with E-state index in [0.717, 1.165) is 6.26 Å². The SMILES string of the molecule is COc1ccccc1OCCNC(=O)CCCN(c1ccccc1OC)S(C)(=O)=O. The lowest BCUT2D eigenvalue weighted by atomic mass is 10.2. The quantitative estimate of drug-likeness (QED) is 0.514. The number of rotatable bonds is 12. The van der Waals surface area contributed by atoms with E-state index in [4.69, 9.17) is 14.2 Å². The molecule has 1 amide bonds. The molecule has 0 saturated carbocycles. The largest absolute Gasteiger partial charge is 0.495 e. The predicted octanol–water partition coefficient (Wildman–Crippen LogP) is 2.45. The van der Waals surface area contributed by atoms with Gasteiger partial charge in [-0.05, 0) is 30.7 Å². The molecule has 2 aromatic carbocycles. The number of benzene rings is 2. The number of carbonyl (C=O) groups excluding carboxylic acids is 1. The molecule has 0 aliphatic rings. The van der Waals surface area contributed by atoms with E-state index in [1.807, 2.05) is 12.1 Å². The maximum absolute atomic E-state index is 12.2. The highest BCUT2D eigenvalue weighted by Crippen LogP contribution is 2.29. The van der Waals surface area contributed by atoms with Gasteiger partial charge in [0.15, 0.2) is 11.5 Å². The third-order valence-electron chi connectivity index (χ3n) is 4.27. The van der Waals surface area contributed by atoms with Crippen LogP contribution < -0.4 is 23.8 Å². The van der Waals surface area contributed by atoms with Crippen LogP contribution in [0.3, 0.4) is 0 Å². The molecule has 2 rings (SSSR count). The number of nitrogens with zero attached hydrogens (tertiary/aromatic N) is 1. The summed E-state index contributed by atoms with van der Waals surface area (Å²) >= 11 is 0. The highest BCUT2D eigenvalue weighted by atomic mass is 32.2. The van der Waals surface area contributed by atoms with Gasteiger partial charge in [-0.3, -0.25) is 9.10 Å². The van der Waals surface area contributed by atoms with E-state index in [2.05, 4.69) is 5.32 Å². The van der Waals surface area contributed by atoms with Gasteiger partial charge >= 0.3 is 0 Å². The van der Waals surface area contributed by atoms with Crippen LogP contribution in [0.5, 0.6) is 17.2 Å². The molecular formula is C21H28N2O6S. The summed E-state index contributed by atoms with van der Waals surface area (Å²) in [5.74, 6) is 1.52. The van der Waals surface area contributed by atoms with Gasteiger partial charge in [-0.1, -0.05) is 24.3 Å². The number of anilines is 1. The van der Waals surface area contributed by atoms with E-state index in [-0.39, 0.29) is 18.9 Å². The molecule has 0 atom stereocenters. The molecular weight excluding hydrogens is 408 g/mol. The van der Waals surface area contributed by atoms with E-state index in [9.17, 15) is 13.2 Å². The fourth-order valence-corrected chi connectivity index (χ4v) is 3.83. The van der Waals surface area contributed by atoms with Crippen molar-refractivity contribution in [1.29, 1.82) is 0 Å². The van der Waals surface area contributed by atoms with Crippen molar-refractivity contribution < 1.29 is 27.4 Å². The highest BCUT2D eigenvalue weighted by Gasteiger charge is 2.20. The number of ether oxygens (including phenoxy) is 3. The lowest BCUT2D eigenvalue weighted by Gasteiger charge is -2.24. The van der Waals surface area contributed by atoms with Gasteiger partial charge in [0.2, 0.25) is 15.9 Å². The smallest absolute Gasteiger partial charge is 0.232 e. The molecule has 0 radical (unpaired) electrons. The van der Waals surface area contributed by atoms with Crippen LogP contribution in [0.15, 0.2) is 48.5 Å². The van der Waals surface area contributed by atoms with Crippen molar-refractivity contribution in [2.24, 2.45) is 0 Å². The standard InChI is InChI=1S/C21H28N2O6S/c1-27-18-10-5-4-9-17(18)23(30(3,25)26)15-8-13-21(24)22-14-16-29-20-12-7-6-11-19(20)28-2/h4-7,9-12H,8,13-16H2,1-3H3,(H,22,24). The Morgan fingerprint density at radius 3 is 2.20 bits per heavy atom. The summed E-state index contributed by atoms with van der Waals surface area (Å²) in [5.41, 5.74) is 0.452. The molecule has 0 unspecified atom stereocenters. The van der Waals surface area contributed by atoms with Gasteiger partial charge in [-0.15, -0.1) is 0 Å². The zero-order valence-electron chi connectivity index (χ0n) is 17.5. The number of methoxy groups -OCH3 is 2. The summed E-state index contributed by atoms with van der Waals surface area (Å²) in [4.78, 5) is 12.1. The Hall–Kier alpha value is -2.94. The normalized spacial score (nSPS) is 10.9. The summed E-state index contributed by atoms with van der Waals surface area (Å²) in [6, 6.07) is 14.1. The molecule has 0 bridgehead atoms. The second-order valence-corrected chi connectivity index (χ2v) is 8.37. The van der Waals surface area contributed by atoms with E-state index in [0.29, 0.717) is 42.5 Å². The number of para-hydroxylation sites is 4. The van der Waals surface area contributed by atoms with Crippen LogP contribution in [0.25, 0.3) is 0 Å². The predicted molar refractivity (Wildman–Crippen MR) is 116 cm³/mol. The molecule has 9 heteroatoms. The zero-order valence-corrected chi connectivity index (χ0v) is 18.3. The van der Waals surface area contributed by atoms with Crippen LogP contribution in [0.4, 0.5) is 5.69 Å². The molecule has 8 nitrogen and oxygen atoms in total. The lowest BCUT2D eigenvalue weighted by molar-refractivity contribution is -0.121. The third-order valence-corrected chi connectivity index (χ3v) is 5.45. The third kappa shape index (κ3) is 6.84. The summed E-state index contributed by atoms with van der Waals surface area (Å²) in [5, 5.41) is 2.77. The first-order valence-corrected chi connectivity index (χ1v) is 11.3. The number of hydrogen-bond donors (Lipinski definition) is 1. The first-order valence-electron chi connectivity index (χ1n) is 9.50. The van der Waals surface area contributed by atoms with Crippen molar-refractivity contribution in [2.75, 3.05) is 44.5 Å². The summed E-state index contributed by atoms with van der Waals surface area (Å²) < 4.78 is 41.8. The Kier molecular flexibility index (Phi) is 8.79. The average Bonchev–Trinajstić information content (AvgIpc) is 2.73.